The van der Waals surface area contributed by atoms with E-state index in [1.807, 2.05) is 0 Å². The second kappa shape index (κ2) is 8.63. The van der Waals surface area contributed by atoms with Crippen LogP contribution in [0.5, 0.6) is 0 Å². The van der Waals surface area contributed by atoms with E-state index >= 15 is 0 Å². The molecule has 7 nitrogen and oxygen atoms in total. The number of hydrogen-bond donors (Lipinski definition) is 2. The van der Waals surface area contributed by atoms with E-state index in [1.54, 1.807) is 24.3 Å². The number of carbonyl (C=O) groups is 3. The largest absolute Gasteiger partial charge is 0.459 e. The van der Waals surface area contributed by atoms with Crippen molar-refractivity contribution < 1.29 is 27.9 Å². The quantitative estimate of drug-likeness (QED) is 0.636. The van der Waals surface area contributed by atoms with Crippen LogP contribution in [0, 0.1) is 5.82 Å². The van der Waals surface area contributed by atoms with Crippen LogP contribution in [0.1, 0.15) is 20.9 Å². The van der Waals surface area contributed by atoms with Crippen LogP contribution < -0.4 is 10.6 Å². The number of benzene rings is 2. The van der Waals surface area contributed by atoms with Gasteiger partial charge in [0.15, 0.2) is 12.4 Å². The lowest BCUT2D eigenvalue weighted by Crippen LogP contribution is -2.22. The van der Waals surface area contributed by atoms with Crippen LogP contribution in [0.25, 0.3) is 0 Å². The lowest BCUT2D eigenvalue weighted by Gasteiger charge is -2.10. The van der Waals surface area contributed by atoms with Gasteiger partial charge in [-0.3, -0.25) is 9.59 Å². The Bertz CT molecular complexity index is 1000. The average Bonchev–Trinajstić information content (AvgIpc) is 3.23. The number of nitrogens with one attached hydrogen (secondary N) is 2. The summed E-state index contributed by atoms with van der Waals surface area (Å²) < 4.78 is 23.5. The molecular weight excluding hydrogens is 367 g/mol. The minimum absolute atomic E-state index is 0.0188. The van der Waals surface area contributed by atoms with Gasteiger partial charge in [-0.2, -0.15) is 0 Å². The highest BCUT2D eigenvalue weighted by Gasteiger charge is 2.17. The number of esters is 1. The molecule has 0 aliphatic carbocycles. The maximum Gasteiger partial charge on any atom is 0.340 e. The third-order valence-corrected chi connectivity index (χ3v) is 3.62. The van der Waals surface area contributed by atoms with Gasteiger partial charge in [-0.05, 0) is 36.4 Å². The minimum atomic E-state index is -0.820. The smallest absolute Gasteiger partial charge is 0.340 e. The van der Waals surface area contributed by atoms with Crippen molar-refractivity contribution in [3.8, 4) is 0 Å². The topological polar surface area (TPSA) is 97.6 Å². The zero-order valence-electron chi connectivity index (χ0n) is 14.5. The molecule has 0 unspecified atom stereocenters. The van der Waals surface area contributed by atoms with E-state index in [1.165, 1.54) is 42.7 Å². The van der Waals surface area contributed by atoms with Gasteiger partial charge in [0.2, 0.25) is 0 Å². The molecular formula is C20H15FN2O5. The third kappa shape index (κ3) is 4.61. The first-order valence-electron chi connectivity index (χ1n) is 8.20. The summed E-state index contributed by atoms with van der Waals surface area (Å²) in [6.07, 6.45) is 1.35. The summed E-state index contributed by atoms with van der Waals surface area (Å²) >= 11 is 0. The Morgan fingerprint density at radius 1 is 0.893 bits per heavy atom. The monoisotopic (exact) mass is 382 g/mol. The molecule has 2 aromatic carbocycles. The van der Waals surface area contributed by atoms with Crippen molar-refractivity contribution >= 4 is 29.2 Å². The van der Waals surface area contributed by atoms with Crippen molar-refractivity contribution in [2.75, 3.05) is 17.2 Å². The van der Waals surface area contributed by atoms with Crippen molar-refractivity contribution in [3.05, 3.63) is 84.1 Å². The molecule has 8 heteroatoms. The molecule has 2 N–H and O–H groups in total. The lowest BCUT2D eigenvalue weighted by molar-refractivity contribution is -0.119. The number of rotatable bonds is 6. The molecule has 0 aliphatic rings. The van der Waals surface area contributed by atoms with Gasteiger partial charge in [-0.15, -0.1) is 0 Å². The standard InChI is InChI=1S/C20H15FN2O5/c21-14-7-2-4-9-16(14)22-18(24)12-28-20(26)13-6-1-3-8-15(13)23-19(25)17-10-5-11-27-17/h1-11H,12H2,(H,22,24)(H,23,25). The first-order chi connectivity index (χ1) is 13.5. The number of anilines is 2. The Balaban J connectivity index is 1.62. The van der Waals surface area contributed by atoms with Gasteiger partial charge in [0.1, 0.15) is 5.82 Å². The van der Waals surface area contributed by atoms with E-state index in [4.69, 9.17) is 9.15 Å². The Labute approximate surface area is 159 Å². The molecule has 3 rings (SSSR count). The molecule has 1 aromatic heterocycles. The summed E-state index contributed by atoms with van der Waals surface area (Å²) in [5.74, 6) is -2.59. The number of carbonyl (C=O) groups excluding carboxylic acids is 3. The zero-order valence-corrected chi connectivity index (χ0v) is 14.5. The summed E-state index contributed by atoms with van der Waals surface area (Å²) in [5.41, 5.74) is 0.235. The fourth-order valence-electron chi connectivity index (χ4n) is 2.32. The van der Waals surface area contributed by atoms with Crippen LogP contribution in [0.15, 0.2) is 71.3 Å². The van der Waals surface area contributed by atoms with Gasteiger partial charge in [-0.1, -0.05) is 24.3 Å². The van der Waals surface area contributed by atoms with E-state index in [9.17, 15) is 18.8 Å². The van der Waals surface area contributed by atoms with E-state index in [0.717, 1.165) is 0 Å². The molecule has 142 valence electrons. The van der Waals surface area contributed by atoms with Crippen molar-refractivity contribution in [3.63, 3.8) is 0 Å². The van der Waals surface area contributed by atoms with Gasteiger partial charge < -0.3 is 19.8 Å². The Hall–Kier alpha value is -3.94. The second-order valence-corrected chi connectivity index (χ2v) is 5.58. The molecule has 0 aliphatic heterocycles. The van der Waals surface area contributed by atoms with Crippen LogP contribution >= 0.6 is 0 Å². The molecule has 0 atom stereocenters. The van der Waals surface area contributed by atoms with E-state index < -0.39 is 30.2 Å². The minimum Gasteiger partial charge on any atom is -0.459 e. The Morgan fingerprint density at radius 2 is 1.61 bits per heavy atom. The van der Waals surface area contributed by atoms with Crippen LogP contribution in [0.2, 0.25) is 0 Å². The van der Waals surface area contributed by atoms with E-state index in [0.29, 0.717) is 0 Å². The summed E-state index contributed by atoms with van der Waals surface area (Å²) in [6.45, 7) is -0.617. The molecule has 28 heavy (non-hydrogen) atoms. The molecule has 0 fully saturated rings. The first-order valence-corrected chi connectivity index (χ1v) is 8.20. The molecule has 0 spiro atoms. The predicted octanol–water partition coefficient (Wildman–Crippen LogP) is 3.47. The predicted molar refractivity (Wildman–Crippen MR) is 98.4 cm³/mol. The first kappa shape index (κ1) is 18.8. The van der Waals surface area contributed by atoms with Crippen LogP contribution in [0.3, 0.4) is 0 Å². The molecule has 0 radical (unpaired) electrons. The van der Waals surface area contributed by atoms with Crippen molar-refractivity contribution in [1.82, 2.24) is 0 Å². The van der Waals surface area contributed by atoms with Crippen LogP contribution in [-0.4, -0.2) is 24.4 Å². The van der Waals surface area contributed by atoms with Gasteiger partial charge in [0.05, 0.1) is 23.2 Å². The molecule has 3 aromatic rings. The highest BCUT2D eigenvalue weighted by molar-refractivity contribution is 6.07. The van der Waals surface area contributed by atoms with Gasteiger partial charge in [-0.25, -0.2) is 9.18 Å². The number of ether oxygens (including phenoxy) is 1. The van der Waals surface area contributed by atoms with Gasteiger partial charge in [0.25, 0.3) is 11.8 Å². The number of halogens is 1. The van der Waals surface area contributed by atoms with Gasteiger partial charge in [0, 0.05) is 0 Å². The molecule has 2 amide bonds. The highest BCUT2D eigenvalue weighted by Crippen LogP contribution is 2.18. The van der Waals surface area contributed by atoms with E-state index in [2.05, 4.69) is 10.6 Å². The molecule has 1 heterocycles. The normalized spacial score (nSPS) is 10.2. The summed E-state index contributed by atoms with van der Waals surface area (Å²) in [6, 6.07) is 14.8. The number of furan rings is 1. The van der Waals surface area contributed by atoms with Gasteiger partial charge >= 0.3 is 5.97 Å². The fraction of sp³-hybridized carbons (Fsp3) is 0.0500. The fourth-order valence-corrected chi connectivity index (χ4v) is 2.32. The van der Waals surface area contributed by atoms with Crippen molar-refractivity contribution in [1.29, 1.82) is 0 Å². The highest BCUT2D eigenvalue weighted by atomic mass is 19.1. The molecule has 0 saturated carbocycles. The number of para-hydroxylation sites is 2. The summed E-state index contributed by atoms with van der Waals surface area (Å²) in [5, 5.41) is 4.85. The summed E-state index contributed by atoms with van der Waals surface area (Å²) in [4.78, 5) is 36.3. The maximum absolute atomic E-state index is 13.5. The Kier molecular flexibility index (Phi) is 5.81. The number of hydrogen-bond acceptors (Lipinski definition) is 5. The number of amides is 2. The lowest BCUT2D eigenvalue weighted by atomic mass is 10.1. The SMILES string of the molecule is O=C(COC(=O)c1ccccc1NC(=O)c1ccco1)Nc1ccccc1F. The third-order valence-electron chi connectivity index (χ3n) is 3.62. The average molecular weight is 382 g/mol. The Morgan fingerprint density at radius 3 is 2.32 bits per heavy atom. The molecule has 0 saturated heterocycles. The second-order valence-electron chi connectivity index (χ2n) is 5.58. The van der Waals surface area contributed by atoms with Crippen molar-refractivity contribution in [2.45, 2.75) is 0 Å². The van der Waals surface area contributed by atoms with Crippen LogP contribution in [-0.2, 0) is 9.53 Å². The van der Waals surface area contributed by atoms with Crippen LogP contribution in [0.4, 0.5) is 15.8 Å². The molecule has 0 bridgehead atoms. The van der Waals surface area contributed by atoms with Crippen molar-refractivity contribution in [2.24, 2.45) is 0 Å². The summed E-state index contributed by atoms with van der Waals surface area (Å²) in [7, 11) is 0. The zero-order chi connectivity index (χ0) is 19.9. The van der Waals surface area contributed by atoms with E-state index in [-0.39, 0.29) is 22.7 Å². The maximum atomic E-state index is 13.5.